The Morgan fingerprint density at radius 1 is 0.867 bits per heavy atom. The molecule has 0 aromatic carbocycles. The van der Waals surface area contributed by atoms with Gasteiger partial charge in [0.05, 0.1) is 24.5 Å². The van der Waals surface area contributed by atoms with E-state index in [-0.39, 0.29) is 97.8 Å². The third kappa shape index (κ3) is 20.2. The molecule has 0 aliphatic rings. The second-order valence-electron chi connectivity index (χ2n) is 7.14. The zero-order chi connectivity index (χ0) is 21.2. The molecule has 164 valence electrons. The summed E-state index contributed by atoms with van der Waals surface area (Å²) in [6, 6.07) is 0. The molecule has 8 nitrogen and oxygen atoms in total. The van der Waals surface area contributed by atoms with Crippen molar-refractivity contribution in [3.05, 3.63) is 0 Å². The quantitative estimate of drug-likeness (QED) is 0.115. The van der Waals surface area contributed by atoms with E-state index in [4.69, 9.17) is 5.11 Å². The molecule has 0 fully saturated rings. The number of hydrogen-bond acceptors (Lipinski definition) is 7. The van der Waals surface area contributed by atoms with Crippen LogP contribution in [0.4, 0.5) is 0 Å². The number of rotatable bonds is 19. The van der Waals surface area contributed by atoms with Crippen molar-refractivity contribution in [2.75, 3.05) is 32.8 Å². The largest absolute Gasteiger partial charge is 1.00 e. The van der Waals surface area contributed by atoms with Crippen LogP contribution >= 0.6 is 0 Å². The summed E-state index contributed by atoms with van der Waals surface area (Å²) in [6.45, 7) is 2.21. The molecule has 0 rings (SSSR count). The van der Waals surface area contributed by atoms with E-state index in [0.29, 0.717) is 6.42 Å². The zero-order valence-electron chi connectivity index (χ0n) is 19.1. The number of unbranched alkanes of at least 4 members (excludes halogenated alkanes) is 8. The molecule has 10 heteroatoms. The van der Waals surface area contributed by atoms with Crippen molar-refractivity contribution in [2.45, 2.75) is 71.1 Å². The van der Waals surface area contributed by atoms with Gasteiger partial charge in [0.2, 0.25) is 5.91 Å². The standard InChI is InChI=1S/C20H38N2O6.2Na/c1-2-3-4-5-6-7-8-9-10-11-18(24)21-12-13-22(14-15-23)16-17(19(25)26)20(27)28;;/h17,23H,2-16H2,1H3,(H,21,24)(H,25,26)(H,27,28);;/q;2*+1/p-2. The van der Waals surface area contributed by atoms with E-state index in [9.17, 15) is 24.6 Å². The van der Waals surface area contributed by atoms with E-state index in [1.165, 1.54) is 43.4 Å². The molecule has 1 amide bonds. The number of amides is 1. The average molecular weight is 446 g/mol. The number of nitrogens with zero attached hydrogens (tertiary/aromatic N) is 1. The fraction of sp³-hybridized carbons (Fsp3) is 0.850. The molecule has 0 unspecified atom stereocenters. The minimum Gasteiger partial charge on any atom is -0.549 e. The molecular weight excluding hydrogens is 410 g/mol. The SMILES string of the molecule is CCCCCCCCCCCC(=O)NCCN(CCO)CC(C(=O)[O-])C(=O)[O-].[Na+].[Na+]. The number of carbonyl (C=O) groups is 3. The molecule has 2 N–H and O–H groups in total. The number of aliphatic carboxylic acids is 2. The van der Waals surface area contributed by atoms with Crippen molar-refractivity contribution < 1.29 is 88.8 Å². The van der Waals surface area contributed by atoms with E-state index in [0.717, 1.165) is 19.3 Å². The molecule has 0 radical (unpaired) electrons. The zero-order valence-corrected chi connectivity index (χ0v) is 23.1. The van der Waals surface area contributed by atoms with Crippen molar-refractivity contribution in [1.82, 2.24) is 10.2 Å². The Kier molecular flexibility index (Phi) is 27.9. The van der Waals surface area contributed by atoms with Crippen molar-refractivity contribution in [3.63, 3.8) is 0 Å². The van der Waals surface area contributed by atoms with Gasteiger partial charge in [-0.25, -0.2) is 0 Å². The first-order valence-electron chi connectivity index (χ1n) is 10.4. The summed E-state index contributed by atoms with van der Waals surface area (Å²) >= 11 is 0. The van der Waals surface area contributed by atoms with Gasteiger partial charge in [0, 0.05) is 32.6 Å². The summed E-state index contributed by atoms with van der Waals surface area (Å²) in [7, 11) is 0. The minimum atomic E-state index is -1.77. The Morgan fingerprint density at radius 3 is 1.83 bits per heavy atom. The van der Waals surface area contributed by atoms with Crippen LogP contribution in [0.5, 0.6) is 0 Å². The smallest absolute Gasteiger partial charge is 0.549 e. The molecule has 0 aliphatic heterocycles. The Labute approximate surface area is 225 Å². The molecular formula is C20H36N2Na2O6. The molecule has 0 spiro atoms. The van der Waals surface area contributed by atoms with Crippen LogP contribution in [0, 0.1) is 5.92 Å². The summed E-state index contributed by atoms with van der Waals surface area (Å²) in [4.78, 5) is 35.0. The van der Waals surface area contributed by atoms with E-state index < -0.39 is 17.9 Å². The van der Waals surface area contributed by atoms with Gasteiger partial charge >= 0.3 is 59.1 Å². The molecule has 0 atom stereocenters. The van der Waals surface area contributed by atoms with Crippen molar-refractivity contribution in [1.29, 1.82) is 0 Å². The molecule has 0 saturated heterocycles. The van der Waals surface area contributed by atoms with Crippen molar-refractivity contribution >= 4 is 17.8 Å². The number of nitrogens with one attached hydrogen (secondary N) is 1. The third-order valence-corrected chi connectivity index (χ3v) is 4.68. The van der Waals surface area contributed by atoms with Gasteiger partial charge < -0.3 is 30.2 Å². The number of hydrogen-bond donors (Lipinski definition) is 2. The molecule has 0 aromatic heterocycles. The summed E-state index contributed by atoms with van der Waals surface area (Å²) in [5.41, 5.74) is 0. The van der Waals surface area contributed by atoms with E-state index in [1.807, 2.05) is 0 Å². The summed E-state index contributed by atoms with van der Waals surface area (Å²) in [5, 5.41) is 33.4. The van der Waals surface area contributed by atoms with E-state index in [2.05, 4.69) is 12.2 Å². The molecule has 30 heavy (non-hydrogen) atoms. The van der Waals surface area contributed by atoms with E-state index >= 15 is 0 Å². The monoisotopic (exact) mass is 446 g/mol. The first kappa shape index (κ1) is 34.9. The molecule has 0 aliphatic carbocycles. The molecule has 0 bridgehead atoms. The van der Waals surface area contributed by atoms with Gasteiger partial charge in [-0.05, 0) is 6.42 Å². The maximum atomic E-state index is 11.8. The first-order chi connectivity index (χ1) is 13.4. The average Bonchev–Trinajstić information content (AvgIpc) is 2.64. The number of aliphatic hydroxyl groups is 1. The maximum absolute atomic E-state index is 11.8. The predicted octanol–water partition coefficient (Wildman–Crippen LogP) is -6.56. The maximum Gasteiger partial charge on any atom is 1.00 e. The normalized spacial score (nSPS) is 10.4. The van der Waals surface area contributed by atoms with Crippen LogP contribution < -0.4 is 74.6 Å². The van der Waals surface area contributed by atoms with Crippen LogP contribution in [-0.2, 0) is 14.4 Å². The Morgan fingerprint density at radius 2 is 1.37 bits per heavy atom. The van der Waals surface area contributed by atoms with Crippen LogP contribution in [0.15, 0.2) is 0 Å². The minimum absolute atomic E-state index is 0. The van der Waals surface area contributed by atoms with Crippen LogP contribution in [-0.4, -0.2) is 60.6 Å². The summed E-state index contributed by atoms with van der Waals surface area (Å²) < 4.78 is 0. The number of carboxylic acid groups (broad SMARTS) is 2. The number of aliphatic hydroxyl groups excluding tert-OH is 1. The van der Waals surface area contributed by atoms with Crippen LogP contribution in [0.3, 0.4) is 0 Å². The van der Waals surface area contributed by atoms with Crippen molar-refractivity contribution in [2.24, 2.45) is 5.92 Å². The molecule has 0 saturated carbocycles. The Hall–Kier alpha value is 0.330. The molecule has 0 aromatic rings. The van der Waals surface area contributed by atoms with Gasteiger partial charge in [-0.2, -0.15) is 0 Å². The van der Waals surface area contributed by atoms with Gasteiger partial charge in [-0.3, -0.25) is 9.69 Å². The van der Waals surface area contributed by atoms with Gasteiger partial charge in [0.25, 0.3) is 0 Å². The van der Waals surface area contributed by atoms with Gasteiger partial charge in [-0.15, -0.1) is 0 Å². The van der Waals surface area contributed by atoms with E-state index in [1.54, 1.807) is 0 Å². The van der Waals surface area contributed by atoms with Crippen LogP contribution in [0.25, 0.3) is 0 Å². The predicted molar refractivity (Wildman–Crippen MR) is 102 cm³/mol. The van der Waals surface area contributed by atoms with Crippen LogP contribution in [0.2, 0.25) is 0 Å². The third-order valence-electron chi connectivity index (χ3n) is 4.68. The molecule has 0 heterocycles. The Balaban J connectivity index is -0.00000364. The second kappa shape index (κ2) is 24.0. The number of carboxylic acids is 2. The van der Waals surface area contributed by atoms with Gasteiger partial charge in [-0.1, -0.05) is 58.3 Å². The summed E-state index contributed by atoms with van der Waals surface area (Å²) in [5.74, 6) is -5.30. The van der Waals surface area contributed by atoms with Crippen molar-refractivity contribution in [3.8, 4) is 0 Å². The van der Waals surface area contributed by atoms with Crippen LogP contribution in [0.1, 0.15) is 71.1 Å². The summed E-state index contributed by atoms with van der Waals surface area (Å²) in [6.07, 6.45) is 11.0. The van der Waals surface area contributed by atoms with Gasteiger partial charge in [0.1, 0.15) is 0 Å². The second-order valence-corrected chi connectivity index (χ2v) is 7.14. The fourth-order valence-corrected chi connectivity index (χ4v) is 2.98. The topological polar surface area (TPSA) is 133 Å². The van der Waals surface area contributed by atoms with Gasteiger partial charge in [0.15, 0.2) is 0 Å². The Bertz CT molecular complexity index is 441. The fourth-order valence-electron chi connectivity index (χ4n) is 2.98. The first-order valence-corrected chi connectivity index (χ1v) is 10.4. The number of carbonyl (C=O) groups excluding carboxylic acids is 3.